The fourth-order valence-electron chi connectivity index (χ4n) is 3.77. The van der Waals surface area contributed by atoms with Crippen molar-refractivity contribution in [1.29, 1.82) is 0 Å². The molecule has 1 aliphatic rings. The summed E-state index contributed by atoms with van der Waals surface area (Å²) >= 11 is 6.12. The zero-order chi connectivity index (χ0) is 24.8. The van der Waals surface area contributed by atoms with Crippen molar-refractivity contribution in [2.75, 3.05) is 23.5 Å². The second kappa shape index (κ2) is 11.1. The van der Waals surface area contributed by atoms with Gasteiger partial charge in [0.2, 0.25) is 5.78 Å². The lowest BCUT2D eigenvalue weighted by molar-refractivity contribution is -0.108. The van der Waals surface area contributed by atoms with Crippen LogP contribution in [-0.2, 0) is 11.3 Å². The van der Waals surface area contributed by atoms with Crippen LogP contribution in [0, 0.1) is 6.92 Å². The molecule has 1 N–H and O–H groups in total. The minimum Gasteiger partial charge on any atom is -0.470 e. The van der Waals surface area contributed by atoms with Crippen molar-refractivity contribution in [2.45, 2.75) is 27.3 Å². The number of aryl methyl sites for hydroxylation is 1. The molecule has 3 aromatic rings. The molecule has 7 heteroatoms. The van der Waals surface area contributed by atoms with E-state index >= 15 is 0 Å². The highest BCUT2D eigenvalue weighted by molar-refractivity contribution is 6.49. The Morgan fingerprint density at radius 1 is 1.09 bits per heavy atom. The van der Waals surface area contributed by atoms with Crippen LogP contribution in [0.2, 0.25) is 5.02 Å². The van der Waals surface area contributed by atoms with Crippen LogP contribution in [0.3, 0.4) is 0 Å². The number of rotatable bonds is 9. The molecule has 0 atom stereocenters. The lowest BCUT2D eigenvalue weighted by Crippen LogP contribution is -2.22. The summed E-state index contributed by atoms with van der Waals surface area (Å²) in [6.07, 6.45) is 5.04. The minimum atomic E-state index is -0.153. The van der Waals surface area contributed by atoms with Gasteiger partial charge in [-0.15, -0.1) is 0 Å². The van der Waals surface area contributed by atoms with Gasteiger partial charge in [0, 0.05) is 23.6 Å². The number of allylic oxidation sites excluding steroid dienone is 3. The van der Waals surface area contributed by atoms with Crippen molar-refractivity contribution in [1.82, 2.24) is 0 Å². The summed E-state index contributed by atoms with van der Waals surface area (Å²) < 4.78 is 11.1. The molecule has 6 nitrogen and oxygen atoms in total. The van der Waals surface area contributed by atoms with Crippen LogP contribution in [-0.4, -0.2) is 24.8 Å². The molecule has 1 aliphatic carbocycles. The minimum absolute atomic E-state index is 0.00226. The fraction of sp³-hybridized carbons (Fsp3) is 0.214. The van der Waals surface area contributed by atoms with E-state index in [2.05, 4.69) is 47.3 Å². The highest BCUT2D eigenvalue weighted by atomic mass is 35.5. The Balaban J connectivity index is 1.48. The lowest BCUT2D eigenvalue weighted by atomic mass is 10.0. The van der Waals surface area contributed by atoms with Gasteiger partial charge in [-0.1, -0.05) is 23.7 Å². The first-order valence-electron chi connectivity index (χ1n) is 11.5. The number of carbonyl (C=O) groups is 1. The number of ether oxygens (including phenoxy) is 1. The number of aliphatic imine (C=N–C) groups is 1. The number of para-hydroxylation sites is 1. The molecule has 1 aromatic heterocycles. The Kier molecular flexibility index (Phi) is 7.73. The Bertz CT molecular complexity index is 1290. The maximum absolute atomic E-state index is 12.5. The molecule has 0 bridgehead atoms. The SMILES string of the molecule is CCN(Cc1ccco1)c1ccc(NC2=CC(=NCOc3ccccc3Cl)C(=O)C=C2C)c(C)c1. The van der Waals surface area contributed by atoms with Gasteiger partial charge >= 0.3 is 0 Å². The van der Waals surface area contributed by atoms with E-state index in [1.807, 2.05) is 31.2 Å². The smallest absolute Gasteiger partial charge is 0.204 e. The Morgan fingerprint density at radius 3 is 2.63 bits per heavy atom. The van der Waals surface area contributed by atoms with E-state index in [0.29, 0.717) is 23.0 Å². The van der Waals surface area contributed by atoms with E-state index in [1.165, 1.54) is 0 Å². The Morgan fingerprint density at radius 2 is 1.91 bits per heavy atom. The van der Waals surface area contributed by atoms with E-state index in [9.17, 15) is 4.79 Å². The molecule has 180 valence electrons. The number of carbonyl (C=O) groups excluding carboxylic acids is 1. The highest BCUT2D eigenvalue weighted by Gasteiger charge is 2.17. The van der Waals surface area contributed by atoms with Crippen molar-refractivity contribution in [3.8, 4) is 5.75 Å². The second-order valence-electron chi connectivity index (χ2n) is 8.21. The van der Waals surface area contributed by atoms with E-state index in [0.717, 1.165) is 40.5 Å². The van der Waals surface area contributed by atoms with Crippen molar-refractivity contribution in [3.05, 3.63) is 101 Å². The van der Waals surface area contributed by atoms with Gasteiger partial charge in [0.15, 0.2) is 6.73 Å². The normalized spacial score (nSPS) is 14.5. The van der Waals surface area contributed by atoms with Crippen LogP contribution >= 0.6 is 11.6 Å². The van der Waals surface area contributed by atoms with E-state index in [-0.39, 0.29) is 12.5 Å². The predicted octanol–water partition coefficient (Wildman–Crippen LogP) is 6.57. The van der Waals surface area contributed by atoms with Crippen molar-refractivity contribution >= 4 is 34.5 Å². The largest absolute Gasteiger partial charge is 0.470 e. The number of hydrogen-bond donors (Lipinski definition) is 1. The third-order valence-electron chi connectivity index (χ3n) is 5.75. The number of benzene rings is 2. The third kappa shape index (κ3) is 6.03. The van der Waals surface area contributed by atoms with Gasteiger partial charge in [-0.05, 0) is 86.5 Å². The van der Waals surface area contributed by atoms with Crippen molar-refractivity contribution in [3.63, 3.8) is 0 Å². The molecule has 0 fully saturated rings. The predicted molar refractivity (Wildman–Crippen MR) is 141 cm³/mol. The maximum Gasteiger partial charge on any atom is 0.204 e. The summed E-state index contributed by atoms with van der Waals surface area (Å²) in [6, 6.07) is 17.3. The average molecular weight is 490 g/mol. The first-order chi connectivity index (χ1) is 16.9. The van der Waals surface area contributed by atoms with Crippen molar-refractivity contribution in [2.24, 2.45) is 4.99 Å². The summed E-state index contributed by atoms with van der Waals surface area (Å²) in [5.41, 5.74) is 5.16. The number of furan rings is 1. The van der Waals surface area contributed by atoms with Crippen LogP contribution in [0.4, 0.5) is 11.4 Å². The molecule has 0 spiro atoms. The topological polar surface area (TPSA) is 67.1 Å². The van der Waals surface area contributed by atoms with Crippen LogP contribution in [0.25, 0.3) is 0 Å². The number of nitrogens with one attached hydrogen (secondary N) is 1. The fourth-order valence-corrected chi connectivity index (χ4v) is 3.96. The first kappa shape index (κ1) is 24.4. The third-order valence-corrected chi connectivity index (χ3v) is 6.06. The number of anilines is 2. The van der Waals surface area contributed by atoms with E-state index in [4.69, 9.17) is 20.8 Å². The maximum atomic E-state index is 12.5. The molecule has 1 heterocycles. The van der Waals surface area contributed by atoms with Gasteiger partial charge in [0.1, 0.15) is 17.2 Å². The molecule has 4 rings (SSSR count). The van der Waals surface area contributed by atoms with Crippen LogP contribution in [0.5, 0.6) is 5.75 Å². The molecule has 0 aliphatic heterocycles. The standard InChI is InChI=1S/C28H28ClN3O3/c1-4-32(17-22-8-7-13-34-22)21-11-12-24(19(2)14-21)31-25-16-26(27(33)15-20(25)3)30-18-35-28-10-6-5-9-23(28)29/h5-16,31H,4,17-18H2,1-3H3. The molecule has 0 amide bonds. The molecule has 35 heavy (non-hydrogen) atoms. The molecule has 0 saturated heterocycles. The molecule has 0 saturated carbocycles. The first-order valence-corrected chi connectivity index (χ1v) is 11.8. The molecular weight excluding hydrogens is 462 g/mol. The average Bonchev–Trinajstić information content (AvgIpc) is 3.36. The van der Waals surface area contributed by atoms with Gasteiger partial charge < -0.3 is 19.4 Å². The van der Waals surface area contributed by atoms with E-state index < -0.39 is 0 Å². The summed E-state index contributed by atoms with van der Waals surface area (Å²) in [7, 11) is 0. The summed E-state index contributed by atoms with van der Waals surface area (Å²) in [5.74, 6) is 1.30. The Hall–Kier alpha value is -3.77. The van der Waals surface area contributed by atoms with Gasteiger partial charge in [-0.25, -0.2) is 4.99 Å². The Labute approximate surface area is 210 Å². The molecule has 0 unspecified atom stereocenters. The highest BCUT2D eigenvalue weighted by Crippen LogP contribution is 2.27. The molecule has 0 radical (unpaired) electrons. The zero-order valence-electron chi connectivity index (χ0n) is 20.0. The van der Waals surface area contributed by atoms with Gasteiger partial charge in [-0.3, -0.25) is 4.79 Å². The zero-order valence-corrected chi connectivity index (χ0v) is 20.8. The van der Waals surface area contributed by atoms with Crippen LogP contribution in [0.1, 0.15) is 25.2 Å². The molecular formula is C28H28ClN3O3. The number of hydrogen-bond acceptors (Lipinski definition) is 6. The van der Waals surface area contributed by atoms with E-state index in [1.54, 1.807) is 30.5 Å². The van der Waals surface area contributed by atoms with Gasteiger partial charge in [-0.2, -0.15) is 0 Å². The quantitative estimate of drug-likeness (QED) is 0.344. The summed E-state index contributed by atoms with van der Waals surface area (Å²) in [6.45, 7) is 7.65. The second-order valence-corrected chi connectivity index (χ2v) is 8.62. The number of ketones is 1. The van der Waals surface area contributed by atoms with Gasteiger partial charge in [0.05, 0.1) is 17.8 Å². The monoisotopic (exact) mass is 489 g/mol. The number of nitrogens with zero attached hydrogens (tertiary/aromatic N) is 2. The number of halogens is 1. The van der Waals surface area contributed by atoms with Crippen LogP contribution < -0.4 is 15.0 Å². The van der Waals surface area contributed by atoms with Crippen LogP contribution in [0.15, 0.2) is 93.7 Å². The lowest BCUT2D eigenvalue weighted by Gasteiger charge is -2.24. The van der Waals surface area contributed by atoms with Gasteiger partial charge in [0.25, 0.3) is 0 Å². The summed E-state index contributed by atoms with van der Waals surface area (Å²) in [4.78, 5) is 19.1. The molecule has 2 aromatic carbocycles. The van der Waals surface area contributed by atoms with Crippen molar-refractivity contribution < 1.29 is 13.9 Å². The summed E-state index contributed by atoms with van der Waals surface area (Å²) in [5, 5.41) is 3.96.